The smallest absolute Gasteiger partial charge is 0.289 e. The molecule has 1 N–H and O–H groups in total. The lowest BCUT2D eigenvalue weighted by Crippen LogP contribution is -2.35. The number of carbonyl (C=O) groups is 1. The molecule has 128 valence electrons. The summed E-state index contributed by atoms with van der Waals surface area (Å²) in [5.41, 5.74) is 2.63. The lowest BCUT2D eigenvalue weighted by atomic mass is 9.99. The van der Waals surface area contributed by atoms with Crippen LogP contribution in [0.4, 0.5) is 5.69 Å². The van der Waals surface area contributed by atoms with Gasteiger partial charge in [-0.3, -0.25) is 9.52 Å². The number of amides is 1. The average Bonchev–Trinajstić information content (AvgIpc) is 3.07. The van der Waals surface area contributed by atoms with E-state index in [-0.39, 0.29) is 11.7 Å². The van der Waals surface area contributed by atoms with E-state index in [0.29, 0.717) is 31.0 Å². The van der Waals surface area contributed by atoms with Gasteiger partial charge in [0.1, 0.15) is 0 Å². The maximum atomic E-state index is 12.4. The molecule has 2 aromatic rings. The molecule has 0 atom stereocenters. The summed E-state index contributed by atoms with van der Waals surface area (Å²) in [6.07, 6.45) is 2.78. The Kier molecular flexibility index (Phi) is 4.62. The van der Waals surface area contributed by atoms with Gasteiger partial charge in [-0.2, -0.15) is 0 Å². The second kappa shape index (κ2) is 6.68. The predicted molar refractivity (Wildman–Crippen MR) is 91.3 cm³/mol. The van der Waals surface area contributed by atoms with Crippen LogP contribution in [0.5, 0.6) is 0 Å². The monoisotopic (exact) mass is 348 g/mol. The molecule has 2 heterocycles. The fourth-order valence-electron chi connectivity index (χ4n) is 2.85. The third-order valence-electron chi connectivity index (χ3n) is 3.98. The molecular formula is C17H20N2O4S. The number of rotatable bonds is 5. The molecular weight excluding hydrogens is 328 g/mol. The van der Waals surface area contributed by atoms with E-state index in [9.17, 15) is 13.2 Å². The van der Waals surface area contributed by atoms with Gasteiger partial charge in [0.25, 0.3) is 5.91 Å². The Labute approximate surface area is 141 Å². The number of anilines is 1. The van der Waals surface area contributed by atoms with Gasteiger partial charge in [-0.25, -0.2) is 8.42 Å². The summed E-state index contributed by atoms with van der Waals surface area (Å²) in [5, 5.41) is 0. The molecule has 0 saturated heterocycles. The van der Waals surface area contributed by atoms with Crippen LogP contribution >= 0.6 is 0 Å². The van der Waals surface area contributed by atoms with Gasteiger partial charge in [0.2, 0.25) is 10.0 Å². The number of carbonyl (C=O) groups excluding carboxylic acids is 1. The molecule has 6 nitrogen and oxygen atoms in total. The van der Waals surface area contributed by atoms with Crippen LogP contribution < -0.4 is 4.72 Å². The molecule has 1 aliphatic heterocycles. The molecule has 0 spiro atoms. The van der Waals surface area contributed by atoms with Gasteiger partial charge < -0.3 is 9.32 Å². The third-order valence-corrected chi connectivity index (χ3v) is 5.48. The van der Waals surface area contributed by atoms with Crippen molar-refractivity contribution in [2.24, 2.45) is 0 Å². The van der Waals surface area contributed by atoms with E-state index in [4.69, 9.17) is 4.42 Å². The Morgan fingerprint density at radius 1 is 1.29 bits per heavy atom. The number of hydrogen-bond acceptors (Lipinski definition) is 4. The SMILES string of the molecule is CCCS(=O)(=O)Nc1ccc2c(c1)CN(C(=O)c1ccco1)CC2. The normalized spacial score (nSPS) is 14.3. The van der Waals surface area contributed by atoms with Crippen LogP contribution in [0.15, 0.2) is 41.0 Å². The highest BCUT2D eigenvalue weighted by Gasteiger charge is 2.23. The highest BCUT2D eigenvalue weighted by Crippen LogP contribution is 2.24. The number of nitrogens with one attached hydrogen (secondary N) is 1. The lowest BCUT2D eigenvalue weighted by Gasteiger charge is -2.28. The van der Waals surface area contributed by atoms with Crippen LogP contribution in [0, 0.1) is 0 Å². The van der Waals surface area contributed by atoms with E-state index in [1.54, 1.807) is 23.1 Å². The quantitative estimate of drug-likeness (QED) is 0.901. The first-order chi connectivity index (χ1) is 11.5. The minimum atomic E-state index is -3.32. The van der Waals surface area contributed by atoms with E-state index >= 15 is 0 Å². The molecule has 1 aromatic carbocycles. The first kappa shape index (κ1) is 16.6. The molecule has 0 bridgehead atoms. The molecule has 1 aromatic heterocycles. The van der Waals surface area contributed by atoms with Gasteiger partial charge in [-0.1, -0.05) is 13.0 Å². The zero-order valence-corrected chi connectivity index (χ0v) is 14.3. The van der Waals surface area contributed by atoms with Crippen molar-refractivity contribution < 1.29 is 17.6 Å². The number of furan rings is 1. The van der Waals surface area contributed by atoms with Gasteiger partial charge in [0, 0.05) is 18.8 Å². The molecule has 0 fully saturated rings. The van der Waals surface area contributed by atoms with Crippen molar-refractivity contribution in [2.75, 3.05) is 17.0 Å². The first-order valence-electron chi connectivity index (χ1n) is 7.93. The van der Waals surface area contributed by atoms with Gasteiger partial charge in [-0.05, 0) is 48.2 Å². The highest BCUT2D eigenvalue weighted by atomic mass is 32.2. The number of sulfonamides is 1. The first-order valence-corrected chi connectivity index (χ1v) is 9.59. The molecule has 0 radical (unpaired) electrons. The van der Waals surface area contributed by atoms with Crippen LogP contribution in [0.3, 0.4) is 0 Å². The van der Waals surface area contributed by atoms with Crippen LogP contribution in [0.1, 0.15) is 35.0 Å². The molecule has 7 heteroatoms. The topological polar surface area (TPSA) is 79.6 Å². The van der Waals surface area contributed by atoms with Gasteiger partial charge >= 0.3 is 0 Å². The number of nitrogens with zero attached hydrogens (tertiary/aromatic N) is 1. The second-order valence-electron chi connectivity index (χ2n) is 5.86. The van der Waals surface area contributed by atoms with E-state index in [1.807, 2.05) is 19.1 Å². The second-order valence-corrected chi connectivity index (χ2v) is 7.70. The Morgan fingerprint density at radius 2 is 2.12 bits per heavy atom. The van der Waals surface area contributed by atoms with Crippen molar-refractivity contribution in [1.82, 2.24) is 4.90 Å². The Balaban J connectivity index is 1.78. The molecule has 0 aliphatic carbocycles. The average molecular weight is 348 g/mol. The van der Waals surface area contributed by atoms with E-state index in [1.165, 1.54) is 6.26 Å². The molecule has 1 aliphatic rings. The van der Waals surface area contributed by atoms with Gasteiger partial charge in [0.15, 0.2) is 5.76 Å². The summed E-state index contributed by atoms with van der Waals surface area (Å²) < 4.78 is 31.6. The summed E-state index contributed by atoms with van der Waals surface area (Å²) in [7, 11) is -3.32. The summed E-state index contributed by atoms with van der Waals surface area (Å²) in [6.45, 7) is 2.88. The fraction of sp³-hybridized carbons (Fsp3) is 0.353. The summed E-state index contributed by atoms with van der Waals surface area (Å²) in [6, 6.07) is 8.84. The lowest BCUT2D eigenvalue weighted by molar-refractivity contribution is 0.0702. The van der Waals surface area contributed by atoms with Crippen molar-refractivity contribution >= 4 is 21.6 Å². The number of fused-ring (bicyclic) bond motifs is 1. The maximum absolute atomic E-state index is 12.4. The van der Waals surface area contributed by atoms with E-state index < -0.39 is 10.0 Å². The van der Waals surface area contributed by atoms with Crippen molar-refractivity contribution in [2.45, 2.75) is 26.3 Å². The summed E-state index contributed by atoms with van der Waals surface area (Å²) in [4.78, 5) is 14.1. The zero-order chi connectivity index (χ0) is 17.2. The Bertz CT molecular complexity index is 828. The van der Waals surface area contributed by atoms with Crippen LogP contribution in [0.25, 0.3) is 0 Å². The molecule has 0 saturated carbocycles. The fourth-order valence-corrected chi connectivity index (χ4v) is 3.97. The third kappa shape index (κ3) is 3.62. The van der Waals surface area contributed by atoms with Crippen LogP contribution in [-0.2, 0) is 23.0 Å². The van der Waals surface area contributed by atoms with Crippen molar-refractivity contribution in [3.8, 4) is 0 Å². The minimum absolute atomic E-state index is 0.0905. The van der Waals surface area contributed by atoms with E-state index in [2.05, 4.69) is 4.72 Å². The van der Waals surface area contributed by atoms with Crippen molar-refractivity contribution in [3.63, 3.8) is 0 Å². The standard InChI is InChI=1S/C17H20N2O4S/c1-2-10-24(21,22)18-15-6-5-13-7-8-19(12-14(13)11-15)17(20)16-4-3-9-23-16/h3-6,9,11,18H,2,7-8,10,12H2,1H3. The largest absolute Gasteiger partial charge is 0.459 e. The van der Waals surface area contributed by atoms with Crippen molar-refractivity contribution in [3.05, 3.63) is 53.5 Å². The molecule has 3 rings (SSSR count). The molecule has 0 unspecified atom stereocenters. The zero-order valence-electron chi connectivity index (χ0n) is 13.5. The summed E-state index contributed by atoms with van der Waals surface area (Å²) >= 11 is 0. The Hall–Kier alpha value is -2.28. The van der Waals surface area contributed by atoms with Crippen LogP contribution in [0.2, 0.25) is 0 Å². The molecule has 1 amide bonds. The number of hydrogen-bond donors (Lipinski definition) is 1. The number of benzene rings is 1. The van der Waals surface area contributed by atoms with Gasteiger partial charge in [0.05, 0.1) is 12.0 Å². The van der Waals surface area contributed by atoms with Gasteiger partial charge in [-0.15, -0.1) is 0 Å². The Morgan fingerprint density at radius 3 is 2.83 bits per heavy atom. The predicted octanol–water partition coefficient (Wildman–Crippen LogP) is 2.63. The highest BCUT2D eigenvalue weighted by molar-refractivity contribution is 7.92. The maximum Gasteiger partial charge on any atom is 0.289 e. The summed E-state index contributed by atoms with van der Waals surface area (Å²) in [5.74, 6) is 0.258. The van der Waals surface area contributed by atoms with E-state index in [0.717, 1.165) is 17.5 Å². The van der Waals surface area contributed by atoms with Crippen LogP contribution in [-0.4, -0.2) is 31.5 Å². The minimum Gasteiger partial charge on any atom is -0.459 e. The van der Waals surface area contributed by atoms with Crippen molar-refractivity contribution in [1.29, 1.82) is 0 Å². The molecule has 24 heavy (non-hydrogen) atoms.